The molecule has 3 aromatic rings. The first kappa shape index (κ1) is 27.2. The van der Waals surface area contributed by atoms with E-state index >= 15 is 0 Å². The van der Waals surface area contributed by atoms with Gasteiger partial charge in [-0.1, -0.05) is 55.1 Å². The van der Waals surface area contributed by atoms with Crippen LogP contribution in [-0.4, -0.2) is 54.5 Å². The number of hydrogen-bond acceptors (Lipinski definition) is 5. The molecular formula is C29H29ClN2O6S. The Balaban J connectivity index is 1.71. The number of benzene rings is 3. The molecule has 0 unspecified atom stereocenters. The van der Waals surface area contributed by atoms with E-state index in [0.717, 1.165) is 37.8 Å². The van der Waals surface area contributed by atoms with Crippen molar-refractivity contribution >= 4 is 44.9 Å². The smallest absolute Gasteiger partial charge is 0.336 e. The average Bonchev–Trinajstić information content (AvgIpc) is 3.01. The number of carboxylic acid groups (broad SMARTS) is 2. The molecule has 8 nitrogen and oxygen atoms in total. The summed E-state index contributed by atoms with van der Waals surface area (Å²) in [5.41, 5.74) is 1.12. The Labute approximate surface area is 232 Å². The van der Waals surface area contributed by atoms with Crippen molar-refractivity contribution in [2.75, 3.05) is 18.5 Å². The lowest BCUT2D eigenvalue weighted by molar-refractivity contribution is 0.0651. The van der Waals surface area contributed by atoms with Crippen molar-refractivity contribution in [3.63, 3.8) is 0 Å². The Morgan fingerprint density at radius 3 is 2.21 bits per heavy atom. The van der Waals surface area contributed by atoms with Crippen LogP contribution in [0.25, 0.3) is 11.1 Å². The number of fused-ring (bicyclic) bond motifs is 1. The van der Waals surface area contributed by atoms with E-state index in [4.69, 9.17) is 11.6 Å². The van der Waals surface area contributed by atoms with Crippen molar-refractivity contribution in [2.24, 2.45) is 5.92 Å². The summed E-state index contributed by atoms with van der Waals surface area (Å²) in [7, 11) is -2.34. The summed E-state index contributed by atoms with van der Waals surface area (Å²) in [5, 5.41) is 19.2. The van der Waals surface area contributed by atoms with Crippen LogP contribution in [0.15, 0.2) is 65.6 Å². The lowest BCUT2D eigenvalue weighted by Crippen LogP contribution is -2.46. The maximum Gasteiger partial charge on any atom is 0.336 e. The first-order valence-corrected chi connectivity index (χ1v) is 14.7. The number of rotatable bonds is 5. The van der Waals surface area contributed by atoms with Gasteiger partial charge in [0.2, 0.25) is 10.0 Å². The lowest BCUT2D eigenvalue weighted by Gasteiger charge is -2.36. The second-order valence-electron chi connectivity index (χ2n) is 10.1. The van der Waals surface area contributed by atoms with Gasteiger partial charge in [0.15, 0.2) is 0 Å². The molecule has 10 heteroatoms. The highest BCUT2D eigenvalue weighted by molar-refractivity contribution is 7.89. The number of anilines is 2. The minimum atomic E-state index is -3.97. The van der Waals surface area contributed by atoms with Crippen LogP contribution in [0.3, 0.4) is 0 Å². The molecule has 5 rings (SSSR count). The number of halogens is 1. The van der Waals surface area contributed by atoms with Gasteiger partial charge < -0.3 is 15.1 Å². The van der Waals surface area contributed by atoms with E-state index in [9.17, 15) is 28.2 Å². The van der Waals surface area contributed by atoms with Gasteiger partial charge in [-0.25, -0.2) is 18.0 Å². The van der Waals surface area contributed by atoms with Gasteiger partial charge in [-0.2, -0.15) is 4.31 Å². The quantitative estimate of drug-likeness (QED) is 0.380. The van der Waals surface area contributed by atoms with Crippen molar-refractivity contribution < 1.29 is 28.2 Å². The van der Waals surface area contributed by atoms with Gasteiger partial charge in [-0.3, -0.25) is 0 Å². The molecule has 1 heterocycles. The normalized spacial score (nSPS) is 19.7. The molecule has 1 fully saturated rings. The van der Waals surface area contributed by atoms with Crippen LogP contribution in [0.5, 0.6) is 0 Å². The summed E-state index contributed by atoms with van der Waals surface area (Å²) in [6, 6.07) is 16.3. The Kier molecular flexibility index (Phi) is 7.41. The van der Waals surface area contributed by atoms with Gasteiger partial charge in [0.05, 0.1) is 21.8 Å². The van der Waals surface area contributed by atoms with Gasteiger partial charge in [0.1, 0.15) is 4.90 Å². The highest BCUT2D eigenvalue weighted by Gasteiger charge is 2.41. The number of hydrogen-bond donors (Lipinski definition) is 2. The zero-order chi connectivity index (χ0) is 27.9. The molecule has 39 heavy (non-hydrogen) atoms. The van der Waals surface area contributed by atoms with Crippen LogP contribution >= 0.6 is 11.6 Å². The van der Waals surface area contributed by atoms with Crippen molar-refractivity contribution in [3.8, 4) is 11.1 Å². The molecule has 1 aliphatic heterocycles. The molecule has 204 valence electrons. The third-order valence-corrected chi connectivity index (χ3v) is 10.1. The molecular weight excluding hydrogens is 540 g/mol. The topological polar surface area (TPSA) is 115 Å². The van der Waals surface area contributed by atoms with Gasteiger partial charge >= 0.3 is 11.9 Å². The number of sulfonamides is 1. The molecule has 0 bridgehead atoms. The van der Waals surface area contributed by atoms with Gasteiger partial charge in [-0.15, -0.1) is 0 Å². The van der Waals surface area contributed by atoms with Crippen LogP contribution in [0.1, 0.15) is 52.8 Å². The highest BCUT2D eigenvalue weighted by atomic mass is 35.5. The summed E-state index contributed by atoms with van der Waals surface area (Å²) in [4.78, 5) is 25.4. The third-order valence-electron chi connectivity index (χ3n) is 7.89. The highest BCUT2D eigenvalue weighted by Crippen LogP contribution is 2.44. The minimum Gasteiger partial charge on any atom is -0.478 e. The molecule has 1 saturated carbocycles. The van der Waals surface area contributed by atoms with Crippen molar-refractivity contribution in [2.45, 2.75) is 43.0 Å². The first-order chi connectivity index (χ1) is 18.6. The summed E-state index contributed by atoms with van der Waals surface area (Å²) in [6.07, 6.45) is 5.22. The standard InChI is InChI=1S/C29H29ClN2O6S/c1-31-26(18-8-4-2-5-9-18)17-32(20-10-6-3-7-11-20)25-16-24(30)22(15-27(25)39(31,37)38)19-12-13-21(28(33)34)23(14-19)29(35)36/h3,6-7,10-16,18,26H,2,4-5,8-9,17H2,1H3,(H,33,34)(H,35,36)/t26-/m0/s1. The number of likely N-dealkylation sites (N-methyl/N-ethyl adjacent to an activating group) is 1. The summed E-state index contributed by atoms with van der Waals surface area (Å²) in [6.45, 7) is 0.462. The van der Waals surface area contributed by atoms with E-state index in [-0.39, 0.29) is 27.4 Å². The van der Waals surface area contributed by atoms with Gasteiger partial charge in [0, 0.05) is 30.9 Å². The average molecular weight is 569 g/mol. The van der Waals surface area contributed by atoms with Crippen LogP contribution in [0.2, 0.25) is 5.02 Å². The summed E-state index contributed by atoms with van der Waals surface area (Å²) < 4.78 is 29.8. The Bertz CT molecular complexity index is 1540. The van der Waals surface area contributed by atoms with Crippen molar-refractivity contribution in [1.82, 2.24) is 4.31 Å². The van der Waals surface area contributed by atoms with Crippen molar-refractivity contribution in [3.05, 3.63) is 76.8 Å². The van der Waals surface area contributed by atoms with Crippen LogP contribution in [-0.2, 0) is 10.0 Å². The van der Waals surface area contributed by atoms with E-state index in [2.05, 4.69) is 0 Å². The number of carbonyl (C=O) groups is 2. The second-order valence-corrected chi connectivity index (χ2v) is 12.5. The second kappa shape index (κ2) is 10.6. The first-order valence-electron chi connectivity index (χ1n) is 12.8. The molecule has 0 saturated heterocycles. The van der Waals surface area contributed by atoms with Crippen molar-refractivity contribution in [1.29, 1.82) is 0 Å². The van der Waals surface area contributed by atoms with E-state index in [1.807, 2.05) is 35.2 Å². The Morgan fingerprint density at radius 2 is 1.56 bits per heavy atom. The molecule has 2 aliphatic rings. The number of carboxylic acids is 2. The van der Waals surface area contributed by atoms with E-state index in [1.54, 1.807) is 13.1 Å². The zero-order valence-corrected chi connectivity index (χ0v) is 23.0. The van der Waals surface area contributed by atoms with Crippen LogP contribution < -0.4 is 4.90 Å². The van der Waals surface area contributed by atoms with E-state index < -0.39 is 27.5 Å². The van der Waals surface area contributed by atoms with Crippen LogP contribution in [0, 0.1) is 5.92 Å². The number of para-hydroxylation sites is 1. The fourth-order valence-electron chi connectivity index (χ4n) is 5.81. The number of aromatic carboxylic acids is 2. The summed E-state index contributed by atoms with van der Waals surface area (Å²) in [5.74, 6) is -2.56. The maximum atomic E-state index is 14.2. The summed E-state index contributed by atoms with van der Waals surface area (Å²) >= 11 is 6.75. The molecule has 1 aliphatic carbocycles. The third kappa shape index (κ3) is 5.02. The molecule has 3 aromatic carbocycles. The molecule has 0 amide bonds. The van der Waals surface area contributed by atoms with E-state index in [0.29, 0.717) is 23.4 Å². The predicted molar refractivity (Wildman–Crippen MR) is 150 cm³/mol. The van der Waals surface area contributed by atoms with Gasteiger partial charge in [0.25, 0.3) is 0 Å². The Hall–Kier alpha value is -3.40. The molecule has 0 spiro atoms. The predicted octanol–water partition coefficient (Wildman–Crippen LogP) is 6.12. The largest absolute Gasteiger partial charge is 0.478 e. The molecule has 0 radical (unpaired) electrons. The van der Waals surface area contributed by atoms with Crippen LogP contribution in [0.4, 0.5) is 11.4 Å². The monoisotopic (exact) mass is 568 g/mol. The van der Waals surface area contributed by atoms with E-state index in [1.165, 1.54) is 28.6 Å². The zero-order valence-electron chi connectivity index (χ0n) is 21.4. The Morgan fingerprint density at radius 1 is 0.897 bits per heavy atom. The molecule has 0 aromatic heterocycles. The number of nitrogens with zero attached hydrogens (tertiary/aromatic N) is 2. The lowest BCUT2D eigenvalue weighted by atomic mass is 9.83. The fraction of sp³-hybridized carbons (Fsp3) is 0.310. The molecule has 2 N–H and O–H groups in total. The molecule has 1 atom stereocenters. The SMILES string of the molecule is CN1[C@H](C2CCCCC2)CN(c2ccccc2)c2cc(Cl)c(-c3ccc(C(=O)O)c(C(=O)O)c3)cc2S1(=O)=O. The minimum absolute atomic E-state index is 0.0609. The van der Waals surface area contributed by atoms with Gasteiger partial charge in [-0.05, 0) is 60.7 Å². The maximum absolute atomic E-state index is 14.2. The fourth-order valence-corrected chi connectivity index (χ4v) is 7.68.